The van der Waals surface area contributed by atoms with Gasteiger partial charge in [-0.25, -0.2) is 0 Å². The van der Waals surface area contributed by atoms with E-state index in [4.69, 9.17) is 26.2 Å². The fourth-order valence-corrected chi connectivity index (χ4v) is 3.45. The molecule has 1 heterocycles. The smallest absolute Gasteiger partial charge is 0.304 e. The lowest BCUT2D eigenvalue weighted by Gasteiger charge is -2.33. The van der Waals surface area contributed by atoms with Gasteiger partial charge in [-0.2, -0.15) is 0 Å². The Morgan fingerprint density at radius 1 is 1.33 bits per heavy atom. The summed E-state index contributed by atoms with van der Waals surface area (Å²) in [5.74, 6) is 0.0326. The maximum absolute atomic E-state index is 10.8. The van der Waals surface area contributed by atoms with Crippen LogP contribution in [0.5, 0.6) is 5.75 Å². The number of ether oxygens (including phenoxy) is 2. The minimum absolute atomic E-state index is 0.0467. The van der Waals surface area contributed by atoms with Crippen LogP contribution in [0.2, 0.25) is 5.02 Å². The number of rotatable bonds is 7. The number of halogens is 1. The average molecular weight is 390 g/mol. The van der Waals surface area contributed by atoms with Crippen LogP contribution in [0, 0.1) is 6.92 Å². The highest BCUT2D eigenvalue weighted by molar-refractivity contribution is 6.30. The number of benzene rings is 2. The summed E-state index contributed by atoms with van der Waals surface area (Å²) < 4.78 is 11.8. The topological polar surface area (TPSA) is 59.0 Å². The van der Waals surface area contributed by atoms with Gasteiger partial charge in [0, 0.05) is 24.7 Å². The normalized spacial score (nSPS) is 17.6. The number of carbonyl (C=O) groups is 1. The highest BCUT2D eigenvalue weighted by atomic mass is 35.5. The fourth-order valence-electron chi connectivity index (χ4n) is 3.24. The third-order valence-electron chi connectivity index (χ3n) is 4.68. The molecule has 1 aliphatic heterocycles. The highest BCUT2D eigenvalue weighted by Gasteiger charge is 2.23. The lowest BCUT2D eigenvalue weighted by Crippen LogP contribution is -2.39. The number of hydrogen-bond acceptors (Lipinski definition) is 4. The third-order valence-corrected chi connectivity index (χ3v) is 4.91. The monoisotopic (exact) mass is 389 g/mol. The van der Waals surface area contributed by atoms with Gasteiger partial charge in [0.2, 0.25) is 0 Å². The molecule has 0 amide bonds. The number of carboxylic acids is 1. The molecule has 6 heteroatoms. The molecule has 1 N–H and O–H groups in total. The van der Waals surface area contributed by atoms with Gasteiger partial charge in [0.15, 0.2) is 0 Å². The van der Waals surface area contributed by atoms with Crippen molar-refractivity contribution in [2.24, 2.45) is 0 Å². The van der Waals surface area contributed by atoms with Gasteiger partial charge in [-0.3, -0.25) is 9.69 Å². The van der Waals surface area contributed by atoms with Crippen molar-refractivity contribution in [2.75, 3.05) is 26.2 Å². The van der Waals surface area contributed by atoms with Crippen molar-refractivity contribution < 1.29 is 19.4 Å². The standard InChI is InChI=1S/C21H24ClNO4/c1-15-11-18(27-14-16-3-2-4-17(22)12-16)5-6-19(15)20-13-23(9-10-26-20)8-7-21(24)25/h2-6,11-12,20H,7-10,13-14H2,1H3,(H,24,25). The van der Waals surface area contributed by atoms with E-state index in [2.05, 4.69) is 4.90 Å². The van der Waals surface area contributed by atoms with Crippen LogP contribution in [-0.4, -0.2) is 42.2 Å². The van der Waals surface area contributed by atoms with Crippen molar-refractivity contribution in [3.05, 3.63) is 64.2 Å². The number of aryl methyl sites for hydroxylation is 1. The van der Waals surface area contributed by atoms with Crippen molar-refractivity contribution in [2.45, 2.75) is 26.1 Å². The minimum Gasteiger partial charge on any atom is -0.489 e. The van der Waals surface area contributed by atoms with Crippen LogP contribution in [0.1, 0.15) is 29.2 Å². The summed E-state index contributed by atoms with van der Waals surface area (Å²) in [6.45, 7) is 5.13. The molecule has 0 saturated carbocycles. The second-order valence-corrected chi connectivity index (χ2v) is 7.18. The first-order valence-electron chi connectivity index (χ1n) is 9.05. The molecule has 144 valence electrons. The molecule has 1 atom stereocenters. The highest BCUT2D eigenvalue weighted by Crippen LogP contribution is 2.28. The summed E-state index contributed by atoms with van der Waals surface area (Å²) in [5.41, 5.74) is 3.24. The molecule has 1 unspecified atom stereocenters. The maximum atomic E-state index is 10.8. The Balaban J connectivity index is 1.61. The summed E-state index contributed by atoms with van der Waals surface area (Å²) in [7, 11) is 0. The zero-order valence-corrected chi connectivity index (χ0v) is 16.1. The zero-order chi connectivity index (χ0) is 19.2. The van der Waals surface area contributed by atoms with Crippen molar-refractivity contribution >= 4 is 17.6 Å². The Hall–Kier alpha value is -2.08. The molecule has 0 aliphatic carbocycles. The van der Waals surface area contributed by atoms with Gasteiger partial charge < -0.3 is 14.6 Å². The van der Waals surface area contributed by atoms with E-state index in [1.807, 2.05) is 49.4 Å². The molecule has 1 saturated heterocycles. The van der Waals surface area contributed by atoms with Crippen LogP contribution in [-0.2, 0) is 16.1 Å². The fraction of sp³-hybridized carbons (Fsp3) is 0.381. The molecule has 1 fully saturated rings. The second-order valence-electron chi connectivity index (χ2n) is 6.74. The predicted molar refractivity (Wildman–Crippen MR) is 104 cm³/mol. The van der Waals surface area contributed by atoms with Crippen LogP contribution in [0.15, 0.2) is 42.5 Å². The van der Waals surface area contributed by atoms with Crippen LogP contribution in [0.25, 0.3) is 0 Å². The molecule has 5 nitrogen and oxygen atoms in total. The van der Waals surface area contributed by atoms with E-state index < -0.39 is 5.97 Å². The molecule has 0 spiro atoms. The van der Waals surface area contributed by atoms with Crippen LogP contribution < -0.4 is 4.74 Å². The Bertz CT molecular complexity index is 796. The zero-order valence-electron chi connectivity index (χ0n) is 15.4. The van der Waals surface area contributed by atoms with Gasteiger partial charge in [0.1, 0.15) is 12.4 Å². The van der Waals surface area contributed by atoms with Crippen molar-refractivity contribution in [1.82, 2.24) is 4.90 Å². The van der Waals surface area contributed by atoms with Crippen LogP contribution in [0.3, 0.4) is 0 Å². The first-order chi connectivity index (χ1) is 13.0. The number of carboxylic acid groups (broad SMARTS) is 1. The molecule has 0 aromatic heterocycles. The van der Waals surface area contributed by atoms with Crippen molar-refractivity contribution in [1.29, 1.82) is 0 Å². The van der Waals surface area contributed by atoms with E-state index in [-0.39, 0.29) is 12.5 Å². The number of nitrogens with zero attached hydrogens (tertiary/aromatic N) is 1. The van der Waals surface area contributed by atoms with Crippen LogP contribution in [0.4, 0.5) is 0 Å². The first kappa shape index (κ1) is 19.7. The first-order valence-corrected chi connectivity index (χ1v) is 9.42. The van der Waals surface area contributed by atoms with Crippen LogP contribution >= 0.6 is 11.6 Å². The molecule has 27 heavy (non-hydrogen) atoms. The lowest BCUT2D eigenvalue weighted by atomic mass is 10.0. The average Bonchev–Trinajstić information content (AvgIpc) is 2.65. The Kier molecular flexibility index (Phi) is 6.72. The number of hydrogen-bond donors (Lipinski definition) is 1. The summed E-state index contributed by atoms with van der Waals surface area (Å²) in [4.78, 5) is 12.9. The molecule has 1 aliphatic rings. The van der Waals surface area contributed by atoms with Gasteiger partial charge in [0.05, 0.1) is 19.1 Å². The van der Waals surface area contributed by atoms with Gasteiger partial charge in [-0.15, -0.1) is 0 Å². The van der Waals surface area contributed by atoms with Gasteiger partial charge in [-0.1, -0.05) is 29.8 Å². The summed E-state index contributed by atoms with van der Waals surface area (Å²) in [5, 5.41) is 9.57. The van der Waals surface area contributed by atoms with Crippen molar-refractivity contribution in [3.8, 4) is 5.75 Å². The van der Waals surface area contributed by atoms with Gasteiger partial charge in [0.25, 0.3) is 0 Å². The summed E-state index contributed by atoms with van der Waals surface area (Å²) in [6, 6.07) is 13.6. The Morgan fingerprint density at radius 3 is 2.93 bits per heavy atom. The molecule has 2 aromatic rings. The number of aliphatic carboxylic acids is 1. The predicted octanol–water partition coefficient (Wildman–Crippen LogP) is 4.08. The third kappa shape index (κ3) is 5.70. The van der Waals surface area contributed by atoms with Gasteiger partial charge >= 0.3 is 5.97 Å². The molecular formula is C21H24ClNO4. The number of morpholine rings is 1. The lowest BCUT2D eigenvalue weighted by molar-refractivity contribution is -0.137. The van der Waals surface area contributed by atoms with E-state index in [0.717, 1.165) is 29.0 Å². The molecule has 2 aromatic carbocycles. The maximum Gasteiger partial charge on any atom is 0.304 e. The van der Waals surface area contributed by atoms with E-state index in [1.165, 1.54) is 0 Å². The van der Waals surface area contributed by atoms with E-state index in [9.17, 15) is 4.79 Å². The molecule has 3 rings (SSSR count). The molecular weight excluding hydrogens is 366 g/mol. The Morgan fingerprint density at radius 2 is 2.19 bits per heavy atom. The molecule has 0 bridgehead atoms. The van der Waals surface area contributed by atoms with Crippen molar-refractivity contribution in [3.63, 3.8) is 0 Å². The largest absolute Gasteiger partial charge is 0.489 e. The Labute approximate surface area is 164 Å². The minimum atomic E-state index is -0.768. The second kappa shape index (κ2) is 9.22. The SMILES string of the molecule is Cc1cc(OCc2cccc(Cl)c2)ccc1C1CN(CCC(=O)O)CCO1. The van der Waals surface area contributed by atoms with E-state index >= 15 is 0 Å². The van der Waals surface area contributed by atoms with Gasteiger partial charge in [-0.05, 0) is 47.9 Å². The summed E-state index contributed by atoms with van der Waals surface area (Å²) >= 11 is 6.00. The van der Waals surface area contributed by atoms with E-state index in [0.29, 0.717) is 31.3 Å². The molecule has 0 radical (unpaired) electrons. The van der Waals surface area contributed by atoms with E-state index in [1.54, 1.807) is 0 Å². The quantitative estimate of drug-likeness (QED) is 0.773. The summed E-state index contributed by atoms with van der Waals surface area (Å²) in [6.07, 6.45) is 0.108.